The lowest BCUT2D eigenvalue weighted by Crippen LogP contribution is -2.38. The second kappa shape index (κ2) is 7.44. The standard InChI is InChI=1S/C19H26N4/c1-14-8-6-12-20-17(14)22-19(16-10-4-3-5-11-16)23-18-15(2)9-7-13-21-18/h6-9,12-13,16,19H,3-5,10-11H2,1-2H3,(H,20,22)(H,21,23). The molecule has 0 saturated heterocycles. The molecule has 2 heterocycles. The van der Waals surface area contributed by atoms with Gasteiger partial charge in [-0.2, -0.15) is 0 Å². The van der Waals surface area contributed by atoms with Crippen molar-refractivity contribution < 1.29 is 0 Å². The van der Waals surface area contributed by atoms with Crippen LogP contribution in [-0.4, -0.2) is 16.1 Å². The zero-order valence-corrected chi connectivity index (χ0v) is 14.0. The third-order valence-corrected chi connectivity index (χ3v) is 4.72. The SMILES string of the molecule is Cc1cccnc1NC(Nc1ncccc1C)C1CCCCC1. The third-order valence-electron chi connectivity index (χ3n) is 4.72. The summed E-state index contributed by atoms with van der Waals surface area (Å²) in [6.45, 7) is 4.19. The summed E-state index contributed by atoms with van der Waals surface area (Å²) in [5.41, 5.74) is 2.35. The first-order valence-corrected chi connectivity index (χ1v) is 8.60. The van der Waals surface area contributed by atoms with Gasteiger partial charge in [0, 0.05) is 12.4 Å². The summed E-state index contributed by atoms with van der Waals surface area (Å²) in [6, 6.07) is 8.15. The molecule has 0 spiro atoms. The molecule has 0 aliphatic heterocycles. The molecule has 1 fully saturated rings. The van der Waals surface area contributed by atoms with E-state index in [4.69, 9.17) is 0 Å². The topological polar surface area (TPSA) is 49.8 Å². The molecular weight excluding hydrogens is 284 g/mol. The second-order valence-electron chi connectivity index (χ2n) is 6.50. The highest BCUT2D eigenvalue weighted by molar-refractivity contribution is 5.49. The molecule has 0 bridgehead atoms. The molecule has 0 aromatic carbocycles. The molecule has 0 radical (unpaired) electrons. The van der Waals surface area contributed by atoms with E-state index in [1.54, 1.807) is 0 Å². The first-order valence-electron chi connectivity index (χ1n) is 8.60. The van der Waals surface area contributed by atoms with Crippen molar-refractivity contribution in [1.82, 2.24) is 9.97 Å². The lowest BCUT2D eigenvalue weighted by atomic mass is 9.86. The number of anilines is 2. The molecule has 4 nitrogen and oxygen atoms in total. The van der Waals surface area contributed by atoms with Gasteiger partial charge in [-0.1, -0.05) is 31.4 Å². The molecule has 2 aromatic heterocycles. The average Bonchev–Trinajstić information content (AvgIpc) is 2.59. The fraction of sp³-hybridized carbons (Fsp3) is 0.474. The quantitative estimate of drug-likeness (QED) is 0.797. The minimum Gasteiger partial charge on any atom is -0.350 e. The van der Waals surface area contributed by atoms with Crippen molar-refractivity contribution in [3.8, 4) is 0 Å². The molecule has 0 unspecified atom stereocenters. The van der Waals surface area contributed by atoms with E-state index < -0.39 is 0 Å². The minimum absolute atomic E-state index is 0.164. The van der Waals surface area contributed by atoms with Gasteiger partial charge in [0.25, 0.3) is 0 Å². The Morgan fingerprint density at radius 3 is 1.87 bits per heavy atom. The Morgan fingerprint density at radius 1 is 0.870 bits per heavy atom. The minimum atomic E-state index is 0.164. The second-order valence-corrected chi connectivity index (χ2v) is 6.50. The number of nitrogens with zero attached hydrogens (tertiary/aromatic N) is 2. The van der Waals surface area contributed by atoms with E-state index in [-0.39, 0.29) is 6.17 Å². The molecule has 2 N–H and O–H groups in total. The Labute approximate surface area is 138 Å². The maximum Gasteiger partial charge on any atom is 0.130 e. The maximum absolute atomic E-state index is 4.51. The van der Waals surface area contributed by atoms with Crippen LogP contribution in [0.5, 0.6) is 0 Å². The lowest BCUT2D eigenvalue weighted by molar-refractivity contribution is 0.332. The van der Waals surface area contributed by atoms with Crippen LogP contribution in [0, 0.1) is 19.8 Å². The van der Waals surface area contributed by atoms with E-state index in [9.17, 15) is 0 Å². The van der Waals surface area contributed by atoms with Crippen molar-refractivity contribution in [2.75, 3.05) is 10.6 Å². The number of hydrogen-bond acceptors (Lipinski definition) is 4. The highest BCUT2D eigenvalue weighted by Crippen LogP contribution is 2.29. The lowest BCUT2D eigenvalue weighted by Gasteiger charge is -2.33. The van der Waals surface area contributed by atoms with E-state index in [1.165, 1.54) is 43.2 Å². The van der Waals surface area contributed by atoms with Gasteiger partial charge < -0.3 is 10.6 Å². The molecule has 4 heteroatoms. The molecule has 1 aliphatic carbocycles. The molecule has 0 amide bonds. The zero-order chi connectivity index (χ0) is 16.1. The Morgan fingerprint density at radius 2 is 1.39 bits per heavy atom. The molecule has 23 heavy (non-hydrogen) atoms. The van der Waals surface area contributed by atoms with Crippen molar-refractivity contribution in [3.63, 3.8) is 0 Å². The van der Waals surface area contributed by atoms with Gasteiger partial charge in [-0.3, -0.25) is 0 Å². The Kier molecular flexibility index (Phi) is 5.11. The first kappa shape index (κ1) is 15.8. The van der Waals surface area contributed by atoms with Crippen LogP contribution in [0.1, 0.15) is 43.2 Å². The van der Waals surface area contributed by atoms with Gasteiger partial charge in [0.1, 0.15) is 17.8 Å². The normalized spacial score (nSPS) is 15.6. The van der Waals surface area contributed by atoms with Crippen LogP contribution in [0.4, 0.5) is 11.6 Å². The smallest absolute Gasteiger partial charge is 0.130 e. The van der Waals surface area contributed by atoms with E-state index in [0.717, 1.165) is 11.6 Å². The Balaban J connectivity index is 1.81. The zero-order valence-electron chi connectivity index (χ0n) is 14.0. The van der Waals surface area contributed by atoms with E-state index in [2.05, 4.69) is 46.6 Å². The largest absolute Gasteiger partial charge is 0.350 e. The number of pyridine rings is 2. The molecule has 2 aromatic rings. The van der Waals surface area contributed by atoms with Crippen molar-refractivity contribution in [2.45, 2.75) is 52.1 Å². The van der Waals surface area contributed by atoms with E-state index in [1.807, 2.05) is 24.5 Å². The van der Waals surface area contributed by atoms with Gasteiger partial charge >= 0.3 is 0 Å². The summed E-state index contributed by atoms with van der Waals surface area (Å²) in [4.78, 5) is 9.01. The molecule has 1 aliphatic rings. The predicted octanol–water partition coefficient (Wildman–Crippen LogP) is 4.52. The first-order chi connectivity index (χ1) is 11.2. The van der Waals surface area contributed by atoms with Gasteiger partial charge in [-0.25, -0.2) is 9.97 Å². The van der Waals surface area contributed by atoms with Gasteiger partial charge in [-0.05, 0) is 55.9 Å². The van der Waals surface area contributed by atoms with Gasteiger partial charge in [-0.15, -0.1) is 0 Å². The van der Waals surface area contributed by atoms with Crippen molar-refractivity contribution in [3.05, 3.63) is 47.8 Å². The summed E-state index contributed by atoms with van der Waals surface area (Å²) in [6.07, 6.45) is 10.3. The van der Waals surface area contributed by atoms with E-state index in [0.29, 0.717) is 5.92 Å². The van der Waals surface area contributed by atoms with Crippen LogP contribution in [-0.2, 0) is 0 Å². The van der Waals surface area contributed by atoms with Crippen LogP contribution in [0.15, 0.2) is 36.7 Å². The van der Waals surface area contributed by atoms with E-state index >= 15 is 0 Å². The number of aryl methyl sites for hydroxylation is 2. The van der Waals surface area contributed by atoms with Gasteiger partial charge in [0.15, 0.2) is 0 Å². The highest BCUT2D eigenvalue weighted by Gasteiger charge is 2.25. The van der Waals surface area contributed by atoms with Crippen molar-refractivity contribution in [1.29, 1.82) is 0 Å². The van der Waals surface area contributed by atoms with Crippen LogP contribution in [0.3, 0.4) is 0 Å². The number of aromatic nitrogens is 2. The number of hydrogen-bond donors (Lipinski definition) is 2. The maximum atomic E-state index is 4.51. The fourth-order valence-corrected chi connectivity index (χ4v) is 3.31. The summed E-state index contributed by atoms with van der Waals surface area (Å²) in [7, 11) is 0. The molecule has 1 saturated carbocycles. The summed E-state index contributed by atoms with van der Waals surface area (Å²) < 4.78 is 0. The predicted molar refractivity (Wildman–Crippen MR) is 95.6 cm³/mol. The van der Waals surface area contributed by atoms with Crippen LogP contribution >= 0.6 is 0 Å². The van der Waals surface area contributed by atoms with Gasteiger partial charge in [0.2, 0.25) is 0 Å². The number of rotatable bonds is 5. The molecule has 3 rings (SSSR count). The van der Waals surface area contributed by atoms with Crippen LogP contribution < -0.4 is 10.6 Å². The van der Waals surface area contributed by atoms with Crippen molar-refractivity contribution in [2.24, 2.45) is 5.92 Å². The molecule has 0 atom stereocenters. The van der Waals surface area contributed by atoms with Gasteiger partial charge in [0.05, 0.1) is 0 Å². The van der Waals surface area contributed by atoms with Crippen molar-refractivity contribution >= 4 is 11.6 Å². The van der Waals surface area contributed by atoms with Crippen LogP contribution in [0.25, 0.3) is 0 Å². The fourth-order valence-electron chi connectivity index (χ4n) is 3.31. The Bertz CT molecular complexity index is 587. The van der Waals surface area contributed by atoms with Crippen LogP contribution in [0.2, 0.25) is 0 Å². The summed E-state index contributed by atoms with van der Waals surface area (Å²) in [5.74, 6) is 2.53. The Hall–Kier alpha value is -2.10. The molecule has 122 valence electrons. The monoisotopic (exact) mass is 310 g/mol. The summed E-state index contributed by atoms with van der Waals surface area (Å²) in [5, 5.41) is 7.26. The average molecular weight is 310 g/mol. The summed E-state index contributed by atoms with van der Waals surface area (Å²) >= 11 is 0. The number of nitrogens with one attached hydrogen (secondary N) is 2. The third kappa shape index (κ3) is 4.01. The molecular formula is C19H26N4. The highest BCUT2D eigenvalue weighted by atomic mass is 15.2.